The monoisotopic (exact) mass is 298 g/mol. The first-order valence-electron chi connectivity index (χ1n) is 3.95. The van der Waals surface area contributed by atoms with Crippen LogP contribution in [0, 0.1) is 0 Å². The van der Waals surface area contributed by atoms with Crippen molar-refractivity contribution in [2.45, 2.75) is 11.5 Å². The molecule has 1 aromatic rings. The second-order valence-corrected chi connectivity index (χ2v) is 5.35. The second-order valence-electron chi connectivity index (χ2n) is 3.00. The van der Waals surface area contributed by atoms with Crippen molar-refractivity contribution in [2.24, 2.45) is 0 Å². The Balaban J connectivity index is 3.09. The molecule has 0 bridgehead atoms. The van der Waals surface area contributed by atoms with Gasteiger partial charge in [-0.1, -0.05) is 0 Å². The van der Waals surface area contributed by atoms with E-state index in [1.165, 1.54) is 11.1 Å². The highest BCUT2D eigenvalue weighted by Gasteiger charge is 2.22. The molecule has 0 saturated carbocycles. The van der Waals surface area contributed by atoms with E-state index in [9.17, 15) is 8.42 Å². The molecular formula is C7H11BrN2O4S. The first kappa shape index (κ1) is 12.7. The molecule has 15 heavy (non-hydrogen) atoms. The maximum absolute atomic E-state index is 11.7. The van der Waals surface area contributed by atoms with Crippen molar-refractivity contribution in [1.82, 2.24) is 9.84 Å². The van der Waals surface area contributed by atoms with E-state index < -0.39 is 10.0 Å². The van der Waals surface area contributed by atoms with Gasteiger partial charge in [-0.05, 0) is 15.9 Å². The lowest BCUT2D eigenvalue weighted by atomic mass is 10.5. The first-order chi connectivity index (χ1) is 6.86. The van der Waals surface area contributed by atoms with E-state index in [2.05, 4.69) is 20.8 Å². The molecule has 1 aromatic heterocycles. The van der Waals surface area contributed by atoms with Gasteiger partial charge >= 0.3 is 0 Å². The summed E-state index contributed by atoms with van der Waals surface area (Å²) in [6.07, 6.45) is 0. The molecule has 1 heterocycles. The molecule has 1 rings (SSSR count). The maximum Gasteiger partial charge on any atom is 0.257 e. The van der Waals surface area contributed by atoms with Crippen molar-refractivity contribution in [3.05, 3.63) is 16.5 Å². The van der Waals surface area contributed by atoms with E-state index in [4.69, 9.17) is 9.52 Å². The summed E-state index contributed by atoms with van der Waals surface area (Å²) in [6, 6.07) is 1.26. The fourth-order valence-corrected chi connectivity index (χ4v) is 3.03. The minimum Gasteiger partial charge on any atom is -0.450 e. The third-order valence-electron chi connectivity index (χ3n) is 1.45. The van der Waals surface area contributed by atoms with Gasteiger partial charge in [0, 0.05) is 20.2 Å². The Morgan fingerprint density at radius 2 is 2.20 bits per heavy atom. The van der Waals surface area contributed by atoms with Gasteiger partial charge < -0.3 is 9.52 Å². The first-order valence-corrected chi connectivity index (χ1v) is 6.23. The average Bonchev–Trinajstić information content (AvgIpc) is 2.45. The topological polar surface area (TPSA) is 82.8 Å². The van der Waals surface area contributed by atoms with Crippen LogP contribution < -0.4 is 4.83 Å². The molecule has 0 fully saturated rings. The summed E-state index contributed by atoms with van der Waals surface area (Å²) in [5.74, 6) is 0.181. The van der Waals surface area contributed by atoms with Crippen molar-refractivity contribution in [3.63, 3.8) is 0 Å². The molecular weight excluding hydrogens is 288 g/mol. The number of hydrazine groups is 1. The van der Waals surface area contributed by atoms with Crippen LogP contribution in [-0.4, -0.2) is 32.6 Å². The summed E-state index contributed by atoms with van der Waals surface area (Å²) in [6.45, 7) is -0.351. The van der Waals surface area contributed by atoms with Gasteiger partial charge in [-0.15, -0.1) is 4.83 Å². The van der Waals surface area contributed by atoms with Gasteiger partial charge in [0.25, 0.3) is 10.0 Å². The molecule has 0 saturated heterocycles. The Labute approximate surface area is 96.0 Å². The van der Waals surface area contributed by atoms with Crippen LogP contribution in [0.25, 0.3) is 0 Å². The molecule has 2 N–H and O–H groups in total. The zero-order valence-electron chi connectivity index (χ0n) is 8.19. The third kappa shape index (κ3) is 3.02. The summed E-state index contributed by atoms with van der Waals surface area (Å²) in [5.41, 5.74) is 0. The normalized spacial score (nSPS) is 12.3. The summed E-state index contributed by atoms with van der Waals surface area (Å²) in [7, 11) is -0.547. The summed E-state index contributed by atoms with van der Waals surface area (Å²) in [4.78, 5) is 2.21. The number of nitrogens with one attached hydrogen (secondary N) is 1. The average molecular weight is 299 g/mol. The smallest absolute Gasteiger partial charge is 0.257 e. The van der Waals surface area contributed by atoms with Crippen LogP contribution in [0.4, 0.5) is 0 Å². The number of hydrogen-bond acceptors (Lipinski definition) is 5. The Bertz CT molecular complexity index is 440. The zero-order chi connectivity index (χ0) is 11.6. The lowest BCUT2D eigenvalue weighted by Crippen LogP contribution is -2.36. The SMILES string of the molecule is CN(C)NS(=O)(=O)c1cc(CO)oc1Br. The highest BCUT2D eigenvalue weighted by Crippen LogP contribution is 2.25. The van der Waals surface area contributed by atoms with E-state index in [0.717, 1.165) is 0 Å². The van der Waals surface area contributed by atoms with Gasteiger partial charge in [-0.25, -0.2) is 13.4 Å². The Hall–Kier alpha value is -0.410. The number of rotatable bonds is 4. The lowest BCUT2D eigenvalue weighted by Gasteiger charge is -2.10. The summed E-state index contributed by atoms with van der Waals surface area (Å²) < 4.78 is 28.4. The van der Waals surface area contributed by atoms with E-state index >= 15 is 0 Å². The second kappa shape index (κ2) is 4.62. The fourth-order valence-electron chi connectivity index (χ4n) is 0.948. The van der Waals surface area contributed by atoms with E-state index in [1.54, 1.807) is 14.1 Å². The molecule has 0 aromatic carbocycles. The molecule has 0 radical (unpaired) electrons. The van der Waals surface area contributed by atoms with E-state index in [1.807, 2.05) is 0 Å². The molecule has 6 nitrogen and oxygen atoms in total. The number of halogens is 1. The highest BCUT2D eigenvalue weighted by molar-refractivity contribution is 9.10. The van der Waals surface area contributed by atoms with Crippen molar-refractivity contribution >= 4 is 26.0 Å². The van der Waals surface area contributed by atoms with E-state index in [0.29, 0.717) is 0 Å². The third-order valence-corrected chi connectivity index (χ3v) is 3.79. The quantitative estimate of drug-likeness (QED) is 0.781. The van der Waals surface area contributed by atoms with Crippen molar-refractivity contribution in [3.8, 4) is 0 Å². The van der Waals surface area contributed by atoms with E-state index in [-0.39, 0.29) is 21.9 Å². The predicted molar refractivity (Wildman–Crippen MR) is 56.3 cm³/mol. The summed E-state index contributed by atoms with van der Waals surface area (Å²) >= 11 is 2.97. The molecule has 0 aliphatic rings. The van der Waals surface area contributed by atoms with Crippen molar-refractivity contribution in [1.29, 1.82) is 0 Å². The number of aliphatic hydroxyl groups is 1. The minimum atomic E-state index is -3.66. The van der Waals surface area contributed by atoms with Crippen LogP contribution in [0.2, 0.25) is 0 Å². The van der Waals surface area contributed by atoms with Crippen LogP contribution in [-0.2, 0) is 16.6 Å². The Kier molecular flexibility index (Phi) is 3.90. The Morgan fingerprint density at radius 1 is 1.60 bits per heavy atom. The van der Waals surface area contributed by atoms with Crippen LogP contribution in [0.1, 0.15) is 5.76 Å². The molecule has 0 amide bonds. The lowest BCUT2D eigenvalue weighted by molar-refractivity contribution is 0.245. The maximum atomic E-state index is 11.7. The van der Waals surface area contributed by atoms with Crippen molar-refractivity contribution in [2.75, 3.05) is 14.1 Å². The van der Waals surface area contributed by atoms with Gasteiger partial charge in [0.1, 0.15) is 17.3 Å². The van der Waals surface area contributed by atoms with Crippen LogP contribution in [0.15, 0.2) is 20.0 Å². The number of sulfonamides is 1. The van der Waals surface area contributed by atoms with Gasteiger partial charge in [0.2, 0.25) is 0 Å². The van der Waals surface area contributed by atoms with Gasteiger partial charge in [-0.3, -0.25) is 0 Å². The van der Waals surface area contributed by atoms with Crippen LogP contribution >= 0.6 is 15.9 Å². The predicted octanol–water partition coefficient (Wildman–Crippen LogP) is 0.289. The number of aliphatic hydroxyl groups excluding tert-OH is 1. The molecule has 0 unspecified atom stereocenters. The molecule has 0 aliphatic heterocycles. The Morgan fingerprint density at radius 3 is 2.60 bits per heavy atom. The van der Waals surface area contributed by atoms with Crippen LogP contribution in [0.5, 0.6) is 0 Å². The molecule has 0 aliphatic carbocycles. The molecule has 0 spiro atoms. The molecule has 0 atom stereocenters. The molecule has 86 valence electrons. The van der Waals surface area contributed by atoms with Crippen molar-refractivity contribution < 1.29 is 17.9 Å². The van der Waals surface area contributed by atoms with Gasteiger partial charge in [-0.2, -0.15) is 0 Å². The fraction of sp³-hybridized carbons (Fsp3) is 0.429. The zero-order valence-corrected chi connectivity index (χ0v) is 10.6. The number of nitrogens with zero attached hydrogens (tertiary/aromatic N) is 1. The highest BCUT2D eigenvalue weighted by atomic mass is 79.9. The summed E-state index contributed by atoms with van der Waals surface area (Å²) in [5, 5.41) is 10.1. The largest absolute Gasteiger partial charge is 0.450 e. The minimum absolute atomic E-state index is 0.0414. The number of furan rings is 1. The van der Waals surface area contributed by atoms with Gasteiger partial charge in [0.05, 0.1) is 0 Å². The standard InChI is InChI=1S/C7H11BrN2O4S/c1-10(2)9-15(12,13)6-3-5(4-11)14-7(6)8/h3,9,11H,4H2,1-2H3. The number of hydrogen-bond donors (Lipinski definition) is 2. The van der Waals surface area contributed by atoms with Crippen LogP contribution in [0.3, 0.4) is 0 Å². The van der Waals surface area contributed by atoms with Gasteiger partial charge in [0.15, 0.2) is 4.67 Å². The molecule has 8 heteroatoms.